The van der Waals surface area contributed by atoms with E-state index in [4.69, 9.17) is 0 Å². The largest absolute Gasteiger partial charge is 0.388 e. The lowest BCUT2D eigenvalue weighted by molar-refractivity contribution is -0.120. The summed E-state index contributed by atoms with van der Waals surface area (Å²) in [4.78, 5) is 23.4. The van der Waals surface area contributed by atoms with E-state index in [9.17, 15) is 9.59 Å². The molecule has 0 aromatic heterocycles. The van der Waals surface area contributed by atoms with Crippen LogP contribution in [-0.2, 0) is 4.79 Å². The lowest BCUT2D eigenvalue weighted by Crippen LogP contribution is -2.39. The highest BCUT2D eigenvalue weighted by Gasteiger charge is 2.11. The molecular weight excluding hydrogens is 242 g/mol. The predicted octanol–water partition coefficient (Wildman–Crippen LogP) is 1.29. The van der Waals surface area contributed by atoms with Gasteiger partial charge in [0.2, 0.25) is 5.91 Å². The molecule has 1 aromatic rings. The zero-order valence-electron chi connectivity index (χ0n) is 11.8. The number of rotatable bonds is 5. The van der Waals surface area contributed by atoms with Gasteiger partial charge < -0.3 is 16.0 Å². The van der Waals surface area contributed by atoms with Gasteiger partial charge >= 0.3 is 0 Å². The number of carbonyl (C=O) groups excluding carboxylic acids is 2. The number of anilines is 1. The molecular formula is C14H21N3O2. The summed E-state index contributed by atoms with van der Waals surface area (Å²) in [7, 11) is 1.82. The molecule has 0 aliphatic heterocycles. The Morgan fingerprint density at radius 3 is 2.47 bits per heavy atom. The maximum atomic E-state index is 11.9. The summed E-state index contributed by atoms with van der Waals surface area (Å²) in [5, 5.41) is 8.34. The van der Waals surface area contributed by atoms with Crippen LogP contribution < -0.4 is 16.0 Å². The van der Waals surface area contributed by atoms with E-state index in [0.717, 1.165) is 11.3 Å². The van der Waals surface area contributed by atoms with Gasteiger partial charge in [0.25, 0.3) is 5.91 Å². The Hall–Kier alpha value is -2.04. The van der Waals surface area contributed by atoms with Gasteiger partial charge in [0, 0.05) is 24.3 Å². The lowest BCUT2D eigenvalue weighted by atomic mass is 10.1. The summed E-state index contributed by atoms with van der Waals surface area (Å²) in [6, 6.07) is 5.54. The van der Waals surface area contributed by atoms with Crippen molar-refractivity contribution >= 4 is 17.5 Å². The molecule has 0 atom stereocenters. The normalized spacial score (nSPS) is 10.2. The molecule has 5 nitrogen and oxygen atoms in total. The molecule has 0 aliphatic carbocycles. The molecule has 3 N–H and O–H groups in total. The fourth-order valence-electron chi connectivity index (χ4n) is 1.70. The van der Waals surface area contributed by atoms with Crippen molar-refractivity contribution in [2.75, 3.05) is 18.9 Å². The summed E-state index contributed by atoms with van der Waals surface area (Å²) in [5.41, 5.74) is 2.40. The van der Waals surface area contributed by atoms with E-state index in [-0.39, 0.29) is 24.4 Å². The zero-order valence-corrected chi connectivity index (χ0v) is 11.8. The predicted molar refractivity (Wildman–Crippen MR) is 76.3 cm³/mol. The molecule has 1 aromatic carbocycles. The van der Waals surface area contributed by atoms with Crippen LogP contribution in [0.5, 0.6) is 0 Å². The number of aryl methyl sites for hydroxylation is 1. The average Bonchev–Trinajstić information content (AvgIpc) is 2.35. The first-order valence-electron chi connectivity index (χ1n) is 6.30. The molecule has 0 unspecified atom stereocenters. The van der Waals surface area contributed by atoms with Crippen molar-refractivity contribution in [1.82, 2.24) is 10.6 Å². The quantitative estimate of drug-likeness (QED) is 0.749. The van der Waals surface area contributed by atoms with Gasteiger partial charge in [-0.3, -0.25) is 9.59 Å². The molecule has 0 aliphatic rings. The number of hydrogen-bond donors (Lipinski definition) is 3. The summed E-state index contributed by atoms with van der Waals surface area (Å²) in [6.45, 7) is 5.61. The third-order valence-corrected chi connectivity index (χ3v) is 2.62. The van der Waals surface area contributed by atoms with Crippen LogP contribution in [0.2, 0.25) is 0 Å². The van der Waals surface area contributed by atoms with E-state index in [0.29, 0.717) is 5.56 Å². The standard InChI is InChI=1S/C14H21N3O2/c1-9(2)17-13(18)8-16-14(19)12-6-5-11(15-4)7-10(12)3/h5-7,9,15H,8H2,1-4H3,(H,16,19)(H,17,18). The van der Waals surface area contributed by atoms with Gasteiger partial charge in [-0.15, -0.1) is 0 Å². The smallest absolute Gasteiger partial charge is 0.251 e. The van der Waals surface area contributed by atoms with Crippen molar-refractivity contribution in [2.24, 2.45) is 0 Å². The maximum Gasteiger partial charge on any atom is 0.251 e. The van der Waals surface area contributed by atoms with Crippen LogP contribution in [0.1, 0.15) is 29.8 Å². The maximum absolute atomic E-state index is 11.9. The number of nitrogens with one attached hydrogen (secondary N) is 3. The molecule has 0 spiro atoms. The Morgan fingerprint density at radius 1 is 1.26 bits per heavy atom. The van der Waals surface area contributed by atoms with Crippen LogP contribution in [0.3, 0.4) is 0 Å². The fraction of sp³-hybridized carbons (Fsp3) is 0.429. The minimum atomic E-state index is -0.237. The van der Waals surface area contributed by atoms with Gasteiger partial charge in [0.05, 0.1) is 6.54 Å². The molecule has 0 fully saturated rings. The van der Waals surface area contributed by atoms with Crippen molar-refractivity contribution in [2.45, 2.75) is 26.8 Å². The number of carbonyl (C=O) groups is 2. The Morgan fingerprint density at radius 2 is 1.95 bits per heavy atom. The van der Waals surface area contributed by atoms with E-state index in [1.54, 1.807) is 6.07 Å². The number of amides is 2. The van der Waals surface area contributed by atoms with Crippen molar-refractivity contribution < 1.29 is 9.59 Å². The SMILES string of the molecule is CNc1ccc(C(=O)NCC(=O)NC(C)C)c(C)c1. The van der Waals surface area contributed by atoms with E-state index >= 15 is 0 Å². The van der Waals surface area contributed by atoms with Crippen molar-refractivity contribution in [3.8, 4) is 0 Å². The Labute approximate surface area is 113 Å². The van der Waals surface area contributed by atoms with Gasteiger partial charge in [-0.2, -0.15) is 0 Å². The van der Waals surface area contributed by atoms with Crippen LogP contribution in [0, 0.1) is 6.92 Å². The lowest BCUT2D eigenvalue weighted by Gasteiger charge is -2.11. The Balaban J connectivity index is 2.61. The van der Waals surface area contributed by atoms with E-state index in [1.165, 1.54) is 0 Å². The van der Waals surface area contributed by atoms with E-state index in [1.807, 2.05) is 40.0 Å². The van der Waals surface area contributed by atoms with Gasteiger partial charge in [-0.25, -0.2) is 0 Å². The second-order valence-corrected chi connectivity index (χ2v) is 4.68. The van der Waals surface area contributed by atoms with Crippen LogP contribution >= 0.6 is 0 Å². The van der Waals surface area contributed by atoms with Crippen LogP contribution in [-0.4, -0.2) is 31.4 Å². The molecule has 104 valence electrons. The summed E-state index contributed by atoms with van der Waals surface area (Å²) in [6.07, 6.45) is 0. The molecule has 1 rings (SSSR count). The Bertz CT molecular complexity index is 470. The first kappa shape index (κ1) is 15.0. The van der Waals surface area contributed by atoms with Crippen LogP contribution in [0.4, 0.5) is 5.69 Å². The molecule has 0 bridgehead atoms. The van der Waals surface area contributed by atoms with Crippen molar-refractivity contribution in [3.63, 3.8) is 0 Å². The molecule has 5 heteroatoms. The molecule has 19 heavy (non-hydrogen) atoms. The molecule has 0 saturated heterocycles. The average molecular weight is 263 g/mol. The van der Waals surface area contributed by atoms with Crippen LogP contribution in [0.25, 0.3) is 0 Å². The highest BCUT2D eigenvalue weighted by molar-refractivity contribution is 5.98. The topological polar surface area (TPSA) is 70.2 Å². The van der Waals surface area contributed by atoms with Gasteiger partial charge in [0.1, 0.15) is 0 Å². The Kier molecular flexibility index (Phi) is 5.36. The van der Waals surface area contributed by atoms with E-state index < -0.39 is 0 Å². The van der Waals surface area contributed by atoms with Gasteiger partial charge in [0.15, 0.2) is 0 Å². The fourth-order valence-corrected chi connectivity index (χ4v) is 1.70. The highest BCUT2D eigenvalue weighted by atomic mass is 16.2. The molecule has 2 amide bonds. The zero-order chi connectivity index (χ0) is 14.4. The first-order valence-corrected chi connectivity index (χ1v) is 6.30. The van der Waals surface area contributed by atoms with Gasteiger partial charge in [-0.05, 0) is 44.5 Å². The molecule has 0 heterocycles. The minimum Gasteiger partial charge on any atom is -0.388 e. The molecule has 0 saturated carbocycles. The second-order valence-electron chi connectivity index (χ2n) is 4.68. The molecule has 0 radical (unpaired) electrons. The summed E-state index contributed by atoms with van der Waals surface area (Å²) < 4.78 is 0. The third-order valence-electron chi connectivity index (χ3n) is 2.62. The van der Waals surface area contributed by atoms with Crippen LogP contribution in [0.15, 0.2) is 18.2 Å². The second kappa shape index (κ2) is 6.78. The summed E-state index contributed by atoms with van der Waals surface area (Å²) in [5.74, 6) is -0.424. The number of hydrogen-bond acceptors (Lipinski definition) is 3. The highest BCUT2D eigenvalue weighted by Crippen LogP contribution is 2.14. The first-order chi connectivity index (χ1) is 8.93. The third kappa shape index (κ3) is 4.62. The number of benzene rings is 1. The summed E-state index contributed by atoms with van der Waals surface area (Å²) >= 11 is 0. The van der Waals surface area contributed by atoms with Crippen molar-refractivity contribution in [1.29, 1.82) is 0 Å². The van der Waals surface area contributed by atoms with E-state index in [2.05, 4.69) is 16.0 Å². The van der Waals surface area contributed by atoms with Crippen molar-refractivity contribution in [3.05, 3.63) is 29.3 Å². The van der Waals surface area contributed by atoms with Gasteiger partial charge in [-0.1, -0.05) is 0 Å². The minimum absolute atomic E-state index is 0.00969. The monoisotopic (exact) mass is 263 g/mol.